The summed E-state index contributed by atoms with van der Waals surface area (Å²) in [4.78, 5) is 37.4. The van der Waals surface area contributed by atoms with Crippen LogP contribution in [0.1, 0.15) is 37.7 Å². The van der Waals surface area contributed by atoms with E-state index in [0.717, 1.165) is 19.2 Å². The first kappa shape index (κ1) is 22.6. The molecule has 0 unspecified atom stereocenters. The van der Waals surface area contributed by atoms with Gasteiger partial charge in [0.05, 0.1) is 36.3 Å². The molecule has 1 heterocycles. The maximum absolute atomic E-state index is 12.5. The maximum Gasteiger partial charge on any atom is 0.387 e. The summed E-state index contributed by atoms with van der Waals surface area (Å²) in [6.07, 6.45) is 0. The van der Waals surface area contributed by atoms with Gasteiger partial charge in [0.15, 0.2) is 11.5 Å². The summed E-state index contributed by atoms with van der Waals surface area (Å²) in [6, 6.07) is 1.82. The zero-order chi connectivity index (χ0) is 22.6. The number of halogens is 2. The van der Waals surface area contributed by atoms with E-state index in [9.17, 15) is 28.5 Å². The Balaban J connectivity index is 2.32. The SMILES string of the molecule is COC(=O)c1c(C)[nH]c(C(=O)OCc2cc(OC)c(OC(F)F)cc2[N+](=O)[O-])c1C. The van der Waals surface area contributed by atoms with Crippen molar-refractivity contribution in [2.75, 3.05) is 14.2 Å². The predicted octanol–water partition coefficient (Wildman–Crippen LogP) is 3.29. The van der Waals surface area contributed by atoms with E-state index < -0.39 is 41.5 Å². The summed E-state index contributed by atoms with van der Waals surface area (Å²) >= 11 is 0. The quantitative estimate of drug-likeness (QED) is 0.385. The number of aromatic nitrogens is 1. The second-order valence-electron chi connectivity index (χ2n) is 5.96. The van der Waals surface area contributed by atoms with Crippen molar-refractivity contribution in [1.29, 1.82) is 0 Å². The third-order valence-corrected chi connectivity index (χ3v) is 4.17. The Morgan fingerprint density at radius 1 is 1.17 bits per heavy atom. The van der Waals surface area contributed by atoms with Crippen LogP contribution in [-0.2, 0) is 16.1 Å². The van der Waals surface area contributed by atoms with Crippen LogP contribution in [0.25, 0.3) is 0 Å². The van der Waals surface area contributed by atoms with Crippen LogP contribution in [0.3, 0.4) is 0 Å². The number of nitrogens with zero attached hydrogens (tertiary/aromatic N) is 1. The Morgan fingerprint density at radius 3 is 2.37 bits per heavy atom. The van der Waals surface area contributed by atoms with Crippen LogP contribution in [0.5, 0.6) is 11.5 Å². The van der Waals surface area contributed by atoms with E-state index in [0.29, 0.717) is 5.69 Å². The number of ether oxygens (including phenoxy) is 4. The van der Waals surface area contributed by atoms with Crippen LogP contribution < -0.4 is 9.47 Å². The molecule has 2 rings (SSSR count). The fourth-order valence-electron chi connectivity index (χ4n) is 2.80. The minimum Gasteiger partial charge on any atom is -0.493 e. The second kappa shape index (κ2) is 9.20. The van der Waals surface area contributed by atoms with E-state index in [4.69, 9.17) is 9.47 Å². The Hall–Kier alpha value is -3.70. The number of carbonyl (C=O) groups excluding carboxylic acids is 2. The van der Waals surface area contributed by atoms with Gasteiger partial charge in [-0.05, 0) is 25.5 Å². The van der Waals surface area contributed by atoms with Crippen LogP contribution in [-0.4, -0.2) is 42.7 Å². The predicted molar refractivity (Wildman–Crippen MR) is 97.0 cm³/mol. The number of methoxy groups -OCH3 is 2. The van der Waals surface area contributed by atoms with Crippen LogP contribution >= 0.6 is 0 Å². The Kier molecular flexibility index (Phi) is 6.93. The number of aryl methyl sites for hydroxylation is 1. The van der Waals surface area contributed by atoms with Gasteiger partial charge in [0.1, 0.15) is 12.3 Å². The molecule has 0 radical (unpaired) electrons. The number of carbonyl (C=O) groups is 2. The largest absolute Gasteiger partial charge is 0.493 e. The number of hydrogen-bond donors (Lipinski definition) is 1. The highest BCUT2D eigenvalue weighted by atomic mass is 19.3. The normalized spacial score (nSPS) is 10.6. The molecule has 0 saturated heterocycles. The fraction of sp³-hybridized carbons (Fsp3) is 0.333. The van der Waals surface area contributed by atoms with Gasteiger partial charge in [-0.25, -0.2) is 9.59 Å². The van der Waals surface area contributed by atoms with Crippen LogP contribution in [0, 0.1) is 24.0 Å². The highest BCUT2D eigenvalue weighted by Gasteiger charge is 2.26. The lowest BCUT2D eigenvalue weighted by Gasteiger charge is -2.12. The Bertz CT molecular complexity index is 987. The molecule has 0 saturated carbocycles. The lowest BCUT2D eigenvalue weighted by molar-refractivity contribution is -0.386. The van der Waals surface area contributed by atoms with Crippen molar-refractivity contribution in [2.45, 2.75) is 27.1 Å². The van der Waals surface area contributed by atoms with Crippen molar-refractivity contribution in [3.8, 4) is 11.5 Å². The van der Waals surface area contributed by atoms with Crippen LogP contribution in [0.2, 0.25) is 0 Å². The maximum atomic E-state index is 12.5. The number of nitrogens with one attached hydrogen (secondary N) is 1. The molecule has 12 heteroatoms. The molecular formula is C18H18F2N2O8. The van der Waals surface area contributed by atoms with Crippen molar-refractivity contribution in [2.24, 2.45) is 0 Å². The number of H-pyrrole nitrogens is 1. The highest BCUT2D eigenvalue weighted by molar-refractivity contribution is 5.98. The molecule has 0 bridgehead atoms. The molecule has 0 spiro atoms. The first-order chi connectivity index (χ1) is 14.1. The molecule has 0 aliphatic heterocycles. The molecule has 0 fully saturated rings. The number of rotatable bonds is 8. The average Bonchev–Trinajstić information content (AvgIpc) is 2.99. The van der Waals surface area contributed by atoms with E-state index in [1.165, 1.54) is 14.0 Å². The van der Waals surface area contributed by atoms with E-state index in [1.54, 1.807) is 6.92 Å². The molecule has 0 amide bonds. The van der Waals surface area contributed by atoms with Gasteiger partial charge in [0.2, 0.25) is 0 Å². The number of nitro groups is 1. The Morgan fingerprint density at radius 2 is 1.83 bits per heavy atom. The molecule has 0 aliphatic carbocycles. The van der Waals surface area contributed by atoms with E-state index in [2.05, 4.69) is 14.5 Å². The molecule has 30 heavy (non-hydrogen) atoms. The molecule has 2 aromatic rings. The molecule has 1 aromatic carbocycles. The van der Waals surface area contributed by atoms with Crippen molar-refractivity contribution in [3.05, 3.63) is 50.3 Å². The topological polar surface area (TPSA) is 130 Å². The van der Waals surface area contributed by atoms with Gasteiger partial charge in [-0.3, -0.25) is 10.1 Å². The second-order valence-corrected chi connectivity index (χ2v) is 5.96. The monoisotopic (exact) mass is 428 g/mol. The van der Waals surface area contributed by atoms with Crippen LogP contribution in [0.15, 0.2) is 12.1 Å². The molecule has 10 nitrogen and oxygen atoms in total. The minimum absolute atomic E-state index is 0.0276. The molecular weight excluding hydrogens is 410 g/mol. The summed E-state index contributed by atoms with van der Waals surface area (Å²) in [5.74, 6) is -2.26. The van der Waals surface area contributed by atoms with Crippen molar-refractivity contribution in [3.63, 3.8) is 0 Å². The van der Waals surface area contributed by atoms with Gasteiger partial charge in [-0.2, -0.15) is 8.78 Å². The van der Waals surface area contributed by atoms with Gasteiger partial charge >= 0.3 is 18.6 Å². The number of aromatic amines is 1. The van der Waals surface area contributed by atoms with Gasteiger partial charge in [-0.15, -0.1) is 0 Å². The van der Waals surface area contributed by atoms with Gasteiger partial charge in [0.25, 0.3) is 5.69 Å². The number of nitro benzene ring substituents is 1. The lowest BCUT2D eigenvalue weighted by atomic mass is 10.1. The third kappa shape index (κ3) is 4.64. The van der Waals surface area contributed by atoms with E-state index in [1.807, 2.05) is 0 Å². The average molecular weight is 428 g/mol. The Labute approximate surface area is 168 Å². The summed E-state index contributed by atoms with van der Waals surface area (Å²) in [7, 11) is 2.36. The number of benzene rings is 1. The standard InChI is InChI=1S/C18H18F2N2O8/c1-8-14(16(23)28-4)9(2)21-15(8)17(24)29-7-10-5-12(27-3)13(30-18(19)20)6-11(10)22(25)26/h5-6,18,21H,7H2,1-4H3. The van der Waals surface area contributed by atoms with E-state index in [-0.39, 0.29) is 28.1 Å². The zero-order valence-corrected chi connectivity index (χ0v) is 16.4. The minimum atomic E-state index is -3.22. The summed E-state index contributed by atoms with van der Waals surface area (Å²) in [6.45, 7) is -0.710. The number of hydrogen-bond acceptors (Lipinski definition) is 8. The molecule has 0 atom stereocenters. The summed E-state index contributed by atoms with van der Waals surface area (Å²) < 4.78 is 43.9. The van der Waals surface area contributed by atoms with E-state index >= 15 is 0 Å². The fourth-order valence-corrected chi connectivity index (χ4v) is 2.80. The summed E-state index contributed by atoms with van der Waals surface area (Å²) in [5, 5.41) is 11.3. The molecule has 1 N–H and O–H groups in total. The van der Waals surface area contributed by atoms with Gasteiger partial charge in [-0.1, -0.05) is 0 Å². The first-order valence-electron chi connectivity index (χ1n) is 8.35. The van der Waals surface area contributed by atoms with Crippen molar-refractivity contribution >= 4 is 17.6 Å². The van der Waals surface area contributed by atoms with Gasteiger partial charge in [0, 0.05) is 5.69 Å². The van der Waals surface area contributed by atoms with Crippen LogP contribution in [0.4, 0.5) is 14.5 Å². The van der Waals surface area contributed by atoms with Crippen molar-refractivity contribution < 1.29 is 42.2 Å². The number of alkyl halides is 2. The van der Waals surface area contributed by atoms with Crippen molar-refractivity contribution in [1.82, 2.24) is 4.98 Å². The summed E-state index contributed by atoms with van der Waals surface area (Å²) in [5.41, 5.74) is 0.102. The smallest absolute Gasteiger partial charge is 0.387 e. The van der Waals surface area contributed by atoms with Gasteiger partial charge < -0.3 is 23.9 Å². The number of esters is 2. The molecule has 0 aliphatic rings. The lowest BCUT2D eigenvalue weighted by Crippen LogP contribution is -2.10. The molecule has 1 aromatic heterocycles. The first-order valence-corrected chi connectivity index (χ1v) is 8.35. The zero-order valence-electron chi connectivity index (χ0n) is 16.4. The molecule has 162 valence electrons. The third-order valence-electron chi connectivity index (χ3n) is 4.17. The highest BCUT2D eigenvalue weighted by Crippen LogP contribution is 2.36.